The van der Waals surface area contributed by atoms with Crippen molar-refractivity contribution in [1.82, 2.24) is 4.90 Å². The molecular weight excluding hydrogens is 170 g/mol. The van der Waals surface area contributed by atoms with Crippen LogP contribution in [0.5, 0.6) is 0 Å². The molecule has 0 amide bonds. The van der Waals surface area contributed by atoms with Crippen LogP contribution in [0.15, 0.2) is 30.3 Å². The smallest absolute Gasteiger partial charge is 0.0767 e. The molecule has 0 heterocycles. The zero-order valence-electron chi connectivity index (χ0n) is 9.33. The Morgan fingerprint density at radius 1 is 1.07 bits per heavy atom. The Balaban J connectivity index is 2.83. The quantitative estimate of drug-likeness (QED) is 0.610. The second kappa shape index (κ2) is 4.30. The lowest BCUT2D eigenvalue weighted by atomic mass is 10.0. The van der Waals surface area contributed by atoms with E-state index < -0.39 is 0 Å². The fourth-order valence-corrected chi connectivity index (χ4v) is 0.858. The van der Waals surface area contributed by atoms with E-state index in [0.717, 1.165) is 5.56 Å². The van der Waals surface area contributed by atoms with Gasteiger partial charge in [0.05, 0.1) is 5.54 Å². The first-order chi connectivity index (χ1) is 6.52. The molecule has 0 saturated heterocycles. The van der Waals surface area contributed by atoms with Crippen LogP contribution < -0.4 is 0 Å². The van der Waals surface area contributed by atoms with Crippen LogP contribution in [0, 0.1) is 11.8 Å². The van der Waals surface area contributed by atoms with Crippen LogP contribution in [-0.4, -0.2) is 24.5 Å². The minimum Gasteiger partial charge on any atom is -0.294 e. The zero-order chi connectivity index (χ0) is 10.6. The molecule has 14 heavy (non-hydrogen) atoms. The first kappa shape index (κ1) is 10.8. The summed E-state index contributed by atoms with van der Waals surface area (Å²) in [5.41, 5.74) is 0.998. The highest BCUT2D eigenvalue weighted by Crippen LogP contribution is 2.08. The maximum atomic E-state index is 3.25. The van der Waals surface area contributed by atoms with Crippen molar-refractivity contribution in [3.05, 3.63) is 35.9 Å². The van der Waals surface area contributed by atoms with Gasteiger partial charge < -0.3 is 0 Å². The molecule has 0 N–H and O–H groups in total. The molecule has 0 fully saturated rings. The standard InChI is InChI=1S/C13H17N/c1-13(2,14(3)4)11-10-12-8-6-5-7-9-12/h5-9H,1-4H3. The lowest BCUT2D eigenvalue weighted by Crippen LogP contribution is -2.36. The summed E-state index contributed by atoms with van der Waals surface area (Å²) in [7, 11) is 4.08. The van der Waals surface area contributed by atoms with Crippen LogP contribution in [0.1, 0.15) is 19.4 Å². The Bertz CT molecular complexity index is 338. The van der Waals surface area contributed by atoms with Crippen molar-refractivity contribution in [3.8, 4) is 11.8 Å². The number of rotatable bonds is 1. The third kappa shape index (κ3) is 2.90. The van der Waals surface area contributed by atoms with Crippen LogP contribution in [0.3, 0.4) is 0 Å². The molecule has 0 aliphatic heterocycles. The highest BCUT2D eigenvalue weighted by Gasteiger charge is 2.15. The summed E-state index contributed by atoms with van der Waals surface area (Å²) in [4.78, 5) is 2.11. The summed E-state index contributed by atoms with van der Waals surface area (Å²) in [5.74, 6) is 6.43. The molecule has 1 aromatic carbocycles. The highest BCUT2D eigenvalue weighted by atomic mass is 15.1. The molecule has 0 radical (unpaired) electrons. The maximum absolute atomic E-state index is 3.25. The molecule has 0 aliphatic carbocycles. The van der Waals surface area contributed by atoms with E-state index in [1.54, 1.807) is 0 Å². The molecule has 0 atom stereocenters. The third-order valence-electron chi connectivity index (χ3n) is 2.40. The molecule has 74 valence electrons. The van der Waals surface area contributed by atoms with Crippen LogP contribution in [0.25, 0.3) is 0 Å². The maximum Gasteiger partial charge on any atom is 0.0767 e. The topological polar surface area (TPSA) is 3.24 Å². The SMILES string of the molecule is CN(C)C(C)(C)C#Cc1ccccc1. The summed E-state index contributed by atoms with van der Waals surface area (Å²) in [6.07, 6.45) is 0. The van der Waals surface area contributed by atoms with Crippen LogP contribution in [0.2, 0.25) is 0 Å². The second-order valence-corrected chi connectivity index (χ2v) is 4.07. The van der Waals surface area contributed by atoms with E-state index in [4.69, 9.17) is 0 Å². The molecule has 0 unspecified atom stereocenters. The van der Waals surface area contributed by atoms with Gasteiger partial charge in [-0.25, -0.2) is 0 Å². The van der Waals surface area contributed by atoms with Crippen molar-refractivity contribution in [2.45, 2.75) is 19.4 Å². The van der Waals surface area contributed by atoms with Crippen molar-refractivity contribution in [3.63, 3.8) is 0 Å². The van der Waals surface area contributed by atoms with Crippen molar-refractivity contribution in [2.75, 3.05) is 14.1 Å². The van der Waals surface area contributed by atoms with E-state index in [1.807, 2.05) is 44.4 Å². The molecule has 0 saturated carbocycles. The average molecular weight is 187 g/mol. The van der Waals surface area contributed by atoms with E-state index >= 15 is 0 Å². The third-order valence-corrected chi connectivity index (χ3v) is 2.40. The van der Waals surface area contributed by atoms with Gasteiger partial charge in [0.2, 0.25) is 0 Å². The second-order valence-electron chi connectivity index (χ2n) is 4.07. The Morgan fingerprint density at radius 3 is 2.14 bits per heavy atom. The van der Waals surface area contributed by atoms with E-state index in [1.165, 1.54) is 0 Å². The van der Waals surface area contributed by atoms with Gasteiger partial charge in [0.1, 0.15) is 0 Å². The Kier molecular flexibility index (Phi) is 3.33. The number of hydrogen-bond acceptors (Lipinski definition) is 1. The van der Waals surface area contributed by atoms with E-state index in [9.17, 15) is 0 Å². The lowest BCUT2D eigenvalue weighted by molar-refractivity contribution is 0.263. The molecule has 1 heteroatoms. The fraction of sp³-hybridized carbons (Fsp3) is 0.385. The minimum atomic E-state index is -0.0736. The van der Waals surface area contributed by atoms with E-state index in [2.05, 4.69) is 30.6 Å². The van der Waals surface area contributed by atoms with Gasteiger partial charge in [-0.1, -0.05) is 30.0 Å². The summed E-state index contributed by atoms with van der Waals surface area (Å²) < 4.78 is 0. The molecule has 0 aromatic heterocycles. The molecule has 1 rings (SSSR count). The molecule has 0 aliphatic rings. The van der Waals surface area contributed by atoms with Gasteiger partial charge in [-0.15, -0.1) is 0 Å². The van der Waals surface area contributed by atoms with E-state index in [0.29, 0.717) is 0 Å². The average Bonchev–Trinajstić information content (AvgIpc) is 2.16. The lowest BCUT2D eigenvalue weighted by Gasteiger charge is -2.26. The van der Waals surface area contributed by atoms with Gasteiger partial charge in [-0.3, -0.25) is 4.90 Å². The van der Waals surface area contributed by atoms with Crippen molar-refractivity contribution in [1.29, 1.82) is 0 Å². The summed E-state index contributed by atoms with van der Waals surface area (Å²) in [6, 6.07) is 10.1. The zero-order valence-corrected chi connectivity index (χ0v) is 9.33. The predicted molar refractivity (Wildman–Crippen MR) is 61.1 cm³/mol. The highest BCUT2D eigenvalue weighted by molar-refractivity contribution is 5.36. The number of nitrogens with zero attached hydrogens (tertiary/aromatic N) is 1. The largest absolute Gasteiger partial charge is 0.294 e. The van der Waals surface area contributed by atoms with Gasteiger partial charge >= 0.3 is 0 Å². The normalized spacial score (nSPS) is 10.9. The van der Waals surface area contributed by atoms with Crippen LogP contribution >= 0.6 is 0 Å². The van der Waals surface area contributed by atoms with E-state index in [-0.39, 0.29) is 5.54 Å². The Hall–Kier alpha value is -1.26. The Labute approximate surface area is 86.7 Å². The van der Waals surface area contributed by atoms with Gasteiger partial charge in [0.15, 0.2) is 0 Å². The van der Waals surface area contributed by atoms with Gasteiger partial charge in [-0.2, -0.15) is 0 Å². The fourth-order valence-electron chi connectivity index (χ4n) is 0.858. The van der Waals surface area contributed by atoms with Crippen molar-refractivity contribution >= 4 is 0 Å². The predicted octanol–water partition coefficient (Wildman–Crippen LogP) is 2.38. The first-order valence-electron chi connectivity index (χ1n) is 4.78. The first-order valence-corrected chi connectivity index (χ1v) is 4.78. The molecule has 1 aromatic rings. The number of hydrogen-bond donors (Lipinski definition) is 0. The minimum absolute atomic E-state index is 0.0736. The van der Waals surface area contributed by atoms with Gasteiger partial charge in [0, 0.05) is 5.56 Å². The van der Waals surface area contributed by atoms with Crippen molar-refractivity contribution < 1.29 is 0 Å². The van der Waals surface area contributed by atoms with Crippen LogP contribution in [0.4, 0.5) is 0 Å². The van der Waals surface area contributed by atoms with Crippen LogP contribution in [-0.2, 0) is 0 Å². The molecule has 0 bridgehead atoms. The number of benzene rings is 1. The monoisotopic (exact) mass is 187 g/mol. The van der Waals surface area contributed by atoms with Gasteiger partial charge in [0.25, 0.3) is 0 Å². The van der Waals surface area contributed by atoms with Gasteiger partial charge in [-0.05, 0) is 40.1 Å². The molecular formula is C13H17N. The summed E-state index contributed by atoms with van der Waals surface area (Å²) in [5, 5.41) is 0. The Morgan fingerprint density at radius 2 is 1.64 bits per heavy atom. The molecule has 0 spiro atoms. The summed E-state index contributed by atoms with van der Waals surface area (Å²) in [6.45, 7) is 4.23. The summed E-state index contributed by atoms with van der Waals surface area (Å²) >= 11 is 0. The molecule has 1 nitrogen and oxygen atoms in total. The van der Waals surface area contributed by atoms with Crippen molar-refractivity contribution in [2.24, 2.45) is 0 Å².